The third-order valence-electron chi connectivity index (χ3n) is 6.31. The molecule has 1 aliphatic heterocycles. The number of aryl methyl sites for hydroxylation is 1. The number of nitro benzene ring substituents is 1. The Kier molecular flexibility index (Phi) is 8.32. The second-order valence-electron chi connectivity index (χ2n) is 8.99. The minimum atomic E-state index is -1.03. The summed E-state index contributed by atoms with van der Waals surface area (Å²) in [6, 6.07) is 12.4. The summed E-state index contributed by atoms with van der Waals surface area (Å²) < 4.78 is 22.0. The van der Waals surface area contributed by atoms with Gasteiger partial charge in [0.05, 0.1) is 40.9 Å². The summed E-state index contributed by atoms with van der Waals surface area (Å²) >= 11 is 0. The maximum Gasteiger partial charge on any atom is 0.339 e. The van der Waals surface area contributed by atoms with Crippen LogP contribution in [0.1, 0.15) is 37.8 Å². The average Bonchev–Trinajstić information content (AvgIpc) is 2.92. The van der Waals surface area contributed by atoms with Crippen molar-refractivity contribution in [2.45, 2.75) is 33.6 Å². The van der Waals surface area contributed by atoms with Crippen molar-refractivity contribution in [3.8, 4) is 5.75 Å². The predicted molar refractivity (Wildman–Crippen MR) is 145 cm³/mol. The SMILES string of the molecule is CCOC(=O)C1=C(C)NC(COc2ccc3cc(C)c(=O)oc3c2)=C(C(=O)OCC)C1c1cccc([N+](=O)[O-])c1. The molecule has 1 aromatic heterocycles. The lowest BCUT2D eigenvalue weighted by atomic mass is 9.80. The molecule has 2 heterocycles. The van der Waals surface area contributed by atoms with Gasteiger partial charge in [-0.05, 0) is 51.5 Å². The van der Waals surface area contributed by atoms with E-state index in [1.165, 1.54) is 18.2 Å². The van der Waals surface area contributed by atoms with Crippen LogP contribution in [0.4, 0.5) is 5.69 Å². The summed E-state index contributed by atoms with van der Waals surface area (Å²) in [6.07, 6.45) is 0. The van der Waals surface area contributed by atoms with Gasteiger partial charge in [0, 0.05) is 34.8 Å². The number of hydrogen-bond donors (Lipinski definition) is 1. The maximum absolute atomic E-state index is 13.4. The zero-order valence-electron chi connectivity index (χ0n) is 22.4. The van der Waals surface area contributed by atoms with Crippen LogP contribution in [0.3, 0.4) is 0 Å². The highest BCUT2D eigenvalue weighted by Crippen LogP contribution is 2.40. The fourth-order valence-corrected chi connectivity index (χ4v) is 4.53. The third kappa shape index (κ3) is 5.73. The molecule has 4 rings (SSSR count). The standard InChI is InChI=1S/C29H28N2O9/c1-5-37-28(33)24-17(4)30-22(15-39-21-11-10-18-12-16(3)27(32)40-23(18)14-21)26(29(34)38-6-2)25(24)19-8-7-9-20(13-19)31(35)36/h7-14,25,30H,5-6,15H2,1-4H3. The van der Waals surface area contributed by atoms with E-state index in [0.29, 0.717) is 33.9 Å². The highest BCUT2D eigenvalue weighted by molar-refractivity contribution is 6.00. The molecule has 2 aromatic carbocycles. The molecule has 0 spiro atoms. The zero-order chi connectivity index (χ0) is 29.0. The van der Waals surface area contributed by atoms with E-state index in [2.05, 4.69) is 5.32 Å². The first kappa shape index (κ1) is 28.1. The topological polar surface area (TPSA) is 147 Å². The van der Waals surface area contributed by atoms with E-state index in [1.54, 1.807) is 58.0 Å². The minimum Gasteiger partial charge on any atom is -0.487 e. The van der Waals surface area contributed by atoms with E-state index < -0.39 is 28.4 Å². The second kappa shape index (κ2) is 11.9. The zero-order valence-corrected chi connectivity index (χ0v) is 22.4. The van der Waals surface area contributed by atoms with E-state index in [-0.39, 0.29) is 36.7 Å². The molecule has 1 aliphatic rings. The molecular weight excluding hydrogens is 520 g/mol. The van der Waals surface area contributed by atoms with Crippen molar-refractivity contribution in [2.24, 2.45) is 0 Å². The third-order valence-corrected chi connectivity index (χ3v) is 6.31. The van der Waals surface area contributed by atoms with Crippen LogP contribution in [0.25, 0.3) is 11.0 Å². The molecule has 0 saturated heterocycles. The van der Waals surface area contributed by atoms with E-state index >= 15 is 0 Å². The van der Waals surface area contributed by atoms with Gasteiger partial charge >= 0.3 is 17.6 Å². The fraction of sp³-hybridized carbons (Fsp3) is 0.276. The van der Waals surface area contributed by atoms with Gasteiger partial charge in [0.1, 0.15) is 17.9 Å². The van der Waals surface area contributed by atoms with Gasteiger partial charge in [0.2, 0.25) is 0 Å². The van der Waals surface area contributed by atoms with Crippen LogP contribution in [0, 0.1) is 17.0 Å². The Balaban J connectivity index is 1.81. The number of rotatable bonds is 9. The van der Waals surface area contributed by atoms with Crippen LogP contribution in [0.2, 0.25) is 0 Å². The smallest absolute Gasteiger partial charge is 0.339 e. The Morgan fingerprint density at radius 2 is 1.70 bits per heavy atom. The molecule has 0 bridgehead atoms. The Morgan fingerprint density at radius 3 is 2.38 bits per heavy atom. The second-order valence-corrected chi connectivity index (χ2v) is 8.99. The van der Waals surface area contributed by atoms with Crippen LogP contribution >= 0.6 is 0 Å². The average molecular weight is 549 g/mol. The van der Waals surface area contributed by atoms with Crippen LogP contribution in [0.15, 0.2) is 80.3 Å². The lowest BCUT2D eigenvalue weighted by Gasteiger charge is -2.31. The molecule has 0 fully saturated rings. The number of esters is 2. The van der Waals surface area contributed by atoms with Crippen molar-refractivity contribution in [2.75, 3.05) is 19.8 Å². The molecule has 1 N–H and O–H groups in total. The summed E-state index contributed by atoms with van der Waals surface area (Å²) in [5, 5.41) is 15.3. The number of ether oxygens (including phenoxy) is 3. The minimum absolute atomic E-state index is 0.0543. The highest BCUT2D eigenvalue weighted by Gasteiger charge is 2.39. The first-order valence-electron chi connectivity index (χ1n) is 12.6. The van der Waals surface area contributed by atoms with E-state index in [4.69, 9.17) is 18.6 Å². The number of carbonyl (C=O) groups is 2. The number of allylic oxidation sites excluding steroid dienone is 1. The van der Waals surface area contributed by atoms with Crippen molar-refractivity contribution >= 4 is 28.6 Å². The van der Waals surface area contributed by atoms with Gasteiger partial charge in [0.15, 0.2) is 0 Å². The Morgan fingerprint density at radius 1 is 1.00 bits per heavy atom. The monoisotopic (exact) mass is 548 g/mol. The normalized spacial score (nSPS) is 15.1. The maximum atomic E-state index is 13.4. The number of non-ortho nitro benzene ring substituents is 1. The Labute approximate surface area is 229 Å². The number of benzene rings is 2. The van der Waals surface area contributed by atoms with Gasteiger partial charge in [-0.3, -0.25) is 10.1 Å². The van der Waals surface area contributed by atoms with Crippen molar-refractivity contribution in [1.29, 1.82) is 0 Å². The summed E-state index contributed by atoms with van der Waals surface area (Å²) in [5.74, 6) is -2.07. The molecule has 0 saturated carbocycles. The van der Waals surface area contributed by atoms with Crippen molar-refractivity contribution in [3.05, 3.63) is 103 Å². The quantitative estimate of drug-likeness (QED) is 0.176. The number of fused-ring (bicyclic) bond motifs is 1. The largest absolute Gasteiger partial charge is 0.487 e. The van der Waals surface area contributed by atoms with E-state index in [0.717, 1.165) is 5.39 Å². The molecular formula is C29H28N2O9. The lowest BCUT2D eigenvalue weighted by Crippen LogP contribution is -2.35. The predicted octanol–water partition coefficient (Wildman–Crippen LogP) is 4.43. The van der Waals surface area contributed by atoms with Gasteiger partial charge in [-0.2, -0.15) is 0 Å². The molecule has 11 heteroatoms. The molecule has 40 heavy (non-hydrogen) atoms. The first-order valence-corrected chi connectivity index (χ1v) is 12.6. The van der Waals surface area contributed by atoms with Gasteiger partial charge < -0.3 is 23.9 Å². The molecule has 0 amide bonds. The van der Waals surface area contributed by atoms with Crippen LogP contribution in [0.5, 0.6) is 5.75 Å². The fourth-order valence-electron chi connectivity index (χ4n) is 4.53. The molecule has 3 aromatic rings. The van der Waals surface area contributed by atoms with Crippen LogP contribution in [-0.4, -0.2) is 36.7 Å². The molecule has 1 unspecified atom stereocenters. The molecule has 0 radical (unpaired) electrons. The van der Waals surface area contributed by atoms with E-state index in [1.807, 2.05) is 0 Å². The summed E-state index contributed by atoms with van der Waals surface area (Å²) in [7, 11) is 0. The Hall–Kier alpha value is -4.93. The van der Waals surface area contributed by atoms with Gasteiger partial charge in [-0.15, -0.1) is 0 Å². The Bertz CT molecular complexity index is 1620. The number of nitrogens with one attached hydrogen (secondary N) is 1. The molecule has 1 atom stereocenters. The van der Waals surface area contributed by atoms with Crippen molar-refractivity contribution in [3.63, 3.8) is 0 Å². The molecule has 208 valence electrons. The van der Waals surface area contributed by atoms with Crippen molar-refractivity contribution in [1.82, 2.24) is 5.32 Å². The number of nitro groups is 1. The van der Waals surface area contributed by atoms with E-state index in [9.17, 15) is 24.5 Å². The number of dihydropyridines is 1. The van der Waals surface area contributed by atoms with Crippen LogP contribution < -0.4 is 15.7 Å². The van der Waals surface area contributed by atoms with Gasteiger partial charge in [-0.1, -0.05) is 12.1 Å². The number of carbonyl (C=O) groups excluding carboxylic acids is 2. The number of nitrogens with zero attached hydrogens (tertiary/aromatic N) is 1. The van der Waals surface area contributed by atoms with Gasteiger partial charge in [-0.25, -0.2) is 14.4 Å². The summed E-state index contributed by atoms with van der Waals surface area (Å²) in [6.45, 7) is 6.58. The highest BCUT2D eigenvalue weighted by atomic mass is 16.6. The van der Waals surface area contributed by atoms with Crippen molar-refractivity contribution < 1.29 is 33.1 Å². The molecule has 0 aliphatic carbocycles. The number of hydrogen-bond acceptors (Lipinski definition) is 10. The van der Waals surface area contributed by atoms with Crippen LogP contribution in [-0.2, 0) is 19.1 Å². The summed E-state index contributed by atoms with van der Waals surface area (Å²) in [4.78, 5) is 49.4. The lowest BCUT2D eigenvalue weighted by molar-refractivity contribution is -0.384. The first-order chi connectivity index (χ1) is 19.1. The molecule has 11 nitrogen and oxygen atoms in total. The van der Waals surface area contributed by atoms with Gasteiger partial charge in [0.25, 0.3) is 5.69 Å². The summed E-state index contributed by atoms with van der Waals surface area (Å²) in [5.41, 5.74) is 1.34.